The Morgan fingerprint density at radius 2 is 1.80 bits per heavy atom. The Morgan fingerprint density at radius 3 is 2.25 bits per heavy atom. The second kappa shape index (κ2) is 6.11. The van der Waals surface area contributed by atoms with Crippen molar-refractivity contribution in [3.8, 4) is 0 Å². The highest BCUT2D eigenvalue weighted by Crippen LogP contribution is 2.33. The van der Waals surface area contributed by atoms with Crippen LogP contribution in [0.5, 0.6) is 0 Å². The first-order valence-corrected chi connectivity index (χ1v) is 6.89. The van der Waals surface area contributed by atoms with Crippen molar-refractivity contribution < 1.29 is 24.2 Å². The van der Waals surface area contributed by atoms with E-state index in [0.29, 0.717) is 25.9 Å². The number of esters is 1. The molecule has 1 saturated carbocycles. The fraction of sp³-hybridized carbons (Fsp3) is 0.769. The number of carboxylic acid groups (broad SMARTS) is 1. The molecule has 1 saturated heterocycles. The molecule has 1 unspecified atom stereocenters. The lowest BCUT2D eigenvalue weighted by Crippen LogP contribution is -2.51. The Bertz CT molecular complexity index is 400. The maximum absolute atomic E-state index is 12.0. The molecule has 20 heavy (non-hydrogen) atoms. The quantitative estimate of drug-likeness (QED) is 0.730. The van der Waals surface area contributed by atoms with Crippen molar-refractivity contribution in [2.75, 3.05) is 20.2 Å². The van der Waals surface area contributed by atoms with Gasteiger partial charge in [-0.2, -0.15) is 0 Å². The SMILES string of the molecule is COC(=O)C1CCN(C(=O)NC(C(=O)O)C2CC2)CC1. The lowest BCUT2D eigenvalue weighted by molar-refractivity contribution is -0.146. The number of urea groups is 1. The number of carbonyl (C=O) groups excluding carboxylic acids is 2. The Labute approximate surface area is 117 Å². The largest absolute Gasteiger partial charge is 0.480 e. The first-order valence-electron chi connectivity index (χ1n) is 6.89. The van der Waals surface area contributed by atoms with Crippen molar-refractivity contribution >= 4 is 18.0 Å². The van der Waals surface area contributed by atoms with E-state index in [9.17, 15) is 14.4 Å². The second-order valence-electron chi connectivity index (χ2n) is 5.39. The predicted molar refractivity (Wildman–Crippen MR) is 69.0 cm³/mol. The maximum atomic E-state index is 12.0. The normalized spacial score (nSPS) is 21.1. The third-order valence-electron chi connectivity index (χ3n) is 3.96. The average Bonchev–Trinajstić information content (AvgIpc) is 3.28. The molecule has 2 rings (SSSR count). The van der Waals surface area contributed by atoms with Crippen LogP contribution >= 0.6 is 0 Å². The van der Waals surface area contributed by atoms with Crippen LogP contribution in [0.15, 0.2) is 0 Å². The lowest BCUT2D eigenvalue weighted by Gasteiger charge is -2.31. The molecule has 1 aliphatic heterocycles. The molecule has 0 aromatic carbocycles. The molecule has 112 valence electrons. The number of nitrogens with one attached hydrogen (secondary N) is 1. The van der Waals surface area contributed by atoms with Crippen LogP contribution in [0.3, 0.4) is 0 Å². The van der Waals surface area contributed by atoms with E-state index in [4.69, 9.17) is 5.11 Å². The first-order chi connectivity index (χ1) is 9.52. The van der Waals surface area contributed by atoms with Crippen molar-refractivity contribution in [3.05, 3.63) is 0 Å². The molecule has 1 aliphatic carbocycles. The van der Waals surface area contributed by atoms with Gasteiger partial charge < -0.3 is 20.1 Å². The molecular weight excluding hydrogens is 264 g/mol. The van der Waals surface area contributed by atoms with Gasteiger partial charge in [-0.1, -0.05) is 0 Å². The van der Waals surface area contributed by atoms with Gasteiger partial charge in [0.25, 0.3) is 0 Å². The van der Waals surface area contributed by atoms with Gasteiger partial charge >= 0.3 is 18.0 Å². The van der Waals surface area contributed by atoms with Crippen molar-refractivity contribution in [1.29, 1.82) is 0 Å². The molecular formula is C13H20N2O5. The predicted octanol–water partition coefficient (Wildman–Crippen LogP) is 0.444. The van der Waals surface area contributed by atoms with E-state index in [-0.39, 0.29) is 23.8 Å². The van der Waals surface area contributed by atoms with E-state index in [1.807, 2.05) is 0 Å². The number of piperidine rings is 1. The summed E-state index contributed by atoms with van der Waals surface area (Å²) in [6.45, 7) is 0.894. The number of carboxylic acids is 1. The standard InChI is InChI=1S/C13H20N2O5/c1-20-12(18)9-4-6-15(7-5-9)13(19)14-10(11(16)17)8-2-3-8/h8-10H,2-7H2,1H3,(H,14,19)(H,16,17). The Kier molecular flexibility index (Phi) is 4.46. The molecule has 2 amide bonds. The van der Waals surface area contributed by atoms with E-state index in [0.717, 1.165) is 12.8 Å². The number of hydrogen-bond acceptors (Lipinski definition) is 4. The molecule has 0 aromatic heterocycles. The van der Waals surface area contributed by atoms with Crippen LogP contribution < -0.4 is 5.32 Å². The summed E-state index contributed by atoms with van der Waals surface area (Å²) in [6, 6.07) is -1.14. The molecule has 0 spiro atoms. The zero-order valence-corrected chi connectivity index (χ0v) is 11.5. The van der Waals surface area contributed by atoms with Crippen molar-refractivity contribution in [3.63, 3.8) is 0 Å². The van der Waals surface area contributed by atoms with Gasteiger partial charge in [0.05, 0.1) is 13.0 Å². The zero-order valence-electron chi connectivity index (χ0n) is 11.5. The fourth-order valence-corrected chi connectivity index (χ4v) is 2.52. The third-order valence-corrected chi connectivity index (χ3v) is 3.96. The van der Waals surface area contributed by atoms with Crippen molar-refractivity contribution in [2.24, 2.45) is 11.8 Å². The first kappa shape index (κ1) is 14.6. The van der Waals surface area contributed by atoms with Gasteiger partial charge in [0.15, 0.2) is 0 Å². The van der Waals surface area contributed by atoms with E-state index >= 15 is 0 Å². The lowest BCUT2D eigenvalue weighted by atomic mass is 9.97. The second-order valence-corrected chi connectivity index (χ2v) is 5.39. The smallest absolute Gasteiger partial charge is 0.326 e. The minimum absolute atomic E-state index is 0.0593. The molecule has 2 fully saturated rings. The number of hydrogen-bond donors (Lipinski definition) is 2. The van der Waals surface area contributed by atoms with Crippen molar-refractivity contribution in [2.45, 2.75) is 31.7 Å². The van der Waals surface area contributed by atoms with E-state index in [2.05, 4.69) is 10.1 Å². The number of likely N-dealkylation sites (tertiary alicyclic amines) is 1. The van der Waals surface area contributed by atoms with E-state index in [1.54, 1.807) is 4.90 Å². The van der Waals surface area contributed by atoms with Gasteiger partial charge in [-0.15, -0.1) is 0 Å². The maximum Gasteiger partial charge on any atom is 0.326 e. The molecule has 1 heterocycles. The number of aliphatic carboxylic acids is 1. The number of nitrogens with zero attached hydrogens (tertiary/aromatic N) is 1. The molecule has 2 N–H and O–H groups in total. The van der Waals surface area contributed by atoms with Gasteiger partial charge in [0.1, 0.15) is 6.04 Å². The van der Waals surface area contributed by atoms with Crippen LogP contribution in [-0.2, 0) is 14.3 Å². The third kappa shape index (κ3) is 3.40. The topological polar surface area (TPSA) is 95.9 Å². The minimum Gasteiger partial charge on any atom is -0.480 e. The summed E-state index contributed by atoms with van der Waals surface area (Å²) in [5.41, 5.74) is 0. The number of rotatable bonds is 4. The number of carbonyl (C=O) groups is 3. The van der Waals surface area contributed by atoms with Gasteiger partial charge in [-0.05, 0) is 31.6 Å². The van der Waals surface area contributed by atoms with E-state index < -0.39 is 12.0 Å². The molecule has 0 bridgehead atoms. The summed E-state index contributed by atoms with van der Waals surface area (Å²) < 4.78 is 4.69. The summed E-state index contributed by atoms with van der Waals surface area (Å²) >= 11 is 0. The highest BCUT2D eigenvalue weighted by Gasteiger charge is 2.38. The van der Waals surface area contributed by atoms with Crippen LogP contribution in [0, 0.1) is 11.8 Å². The Balaban J connectivity index is 1.82. The number of methoxy groups -OCH3 is 1. The highest BCUT2D eigenvalue weighted by molar-refractivity contribution is 5.83. The molecule has 0 radical (unpaired) electrons. The molecule has 1 atom stereocenters. The zero-order chi connectivity index (χ0) is 14.7. The molecule has 7 nitrogen and oxygen atoms in total. The van der Waals surface area contributed by atoms with Crippen LogP contribution in [0.2, 0.25) is 0 Å². The summed E-state index contributed by atoms with van der Waals surface area (Å²) in [4.78, 5) is 36.1. The summed E-state index contributed by atoms with van der Waals surface area (Å²) in [6.07, 6.45) is 2.81. The summed E-state index contributed by atoms with van der Waals surface area (Å²) in [5.74, 6) is -1.33. The van der Waals surface area contributed by atoms with Crippen LogP contribution in [0.1, 0.15) is 25.7 Å². The monoisotopic (exact) mass is 284 g/mol. The Morgan fingerprint density at radius 1 is 1.20 bits per heavy atom. The average molecular weight is 284 g/mol. The van der Waals surface area contributed by atoms with Gasteiger partial charge in [0, 0.05) is 13.1 Å². The number of amides is 2. The van der Waals surface area contributed by atoms with Gasteiger partial charge in [0.2, 0.25) is 0 Å². The van der Waals surface area contributed by atoms with Crippen molar-refractivity contribution in [1.82, 2.24) is 10.2 Å². The van der Waals surface area contributed by atoms with Crippen LogP contribution in [-0.4, -0.2) is 54.2 Å². The minimum atomic E-state index is -0.981. The molecule has 0 aromatic rings. The van der Waals surface area contributed by atoms with Gasteiger partial charge in [-0.25, -0.2) is 9.59 Å². The van der Waals surface area contributed by atoms with Crippen LogP contribution in [0.25, 0.3) is 0 Å². The van der Waals surface area contributed by atoms with E-state index in [1.165, 1.54) is 7.11 Å². The van der Waals surface area contributed by atoms with Crippen LogP contribution in [0.4, 0.5) is 4.79 Å². The molecule has 2 aliphatic rings. The summed E-state index contributed by atoms with van der Waals surface area (Å²) in [5, 5.41) is 11.7. The number of ether oxygens (including phenoxy) is 1. The Hall–Kier alpha value is -1.79. The highest BCUT2D eigenvalue weighted by atomic mass is 16.5. The molecule has 7 heteroatoms. The van der Waals surface area contributed by atoms with Gasteiger partial charge in [-0.3, -0.25) is 4.79 Å². The fourth-order valence-electron chi connectivity index (χ4n) is 2.52. The summed E-state index contributed by atoms with van der Waals surface area (Å²) in [7, 11) is 1.36.